The molecule has 2 aliphatic rings. The number of aliphatic carboxylic acids is 1. The number of thiophene rings is 1. The van der Waals surface area contributed by atoms with Crippen molar-refractivity contribution >= 4 is 34.2 Å². The van der Waals surface area contributed by atoms with Gasteiger partial charge in [0.15, 0.2) is 11.7 Å². The molecule has 1 aliphatic carbocycles. The van der Waals surface area contributed by atoms with Crippen molar-refractivity contribution in [3.05, 3.63) is 44.9 Å². The number of rotatable bonds is 3. The van der Waals surface area contributed by atoms with Gasteiger partial charge in [0, 0.05) is 30.1 Å². The number of carbonyl (C=O) groups is 2. The van der Waals surface area contributed by atoms with Crippen molar-refractivity contribution in [2.24, 2.45) is 7.05 Å². The van der Waals surface area contributed by atoms with E-state index >= 15 is 0 Å². The molecule has 8 heteroatoms. The van der Waals surface area contributed by atoms with Gasteiger partial charge in [-0.05, 0) is 49.3 Å². The highest BCUT2D eigenvalue weighted by Gasteiger charge is 2.38. The fourth-order valence-electron chi connectivity index (χ4n) is 4.18. The van der Waals surface area contributed by atoms with E-state index in [1.54, 1.807) is 16.0 Å². The lowest BCUT2D eigenvalue weighted by molar-refractivity contribution is -0.142. The third kappa shape index (κ3) is 2.55. The zero-order valence-electron chi connectivity index (χ0n) is 15.7. The lowest BCUT2D eigenvalue weighted by Gasteiger charge is -2.33. The maximum Gasteiger partial charge on any atom is 0.331 e. The fourth-order valence-corrected chi connectivity index (χ4v) is 5.08. The average Bonchev–Trinajstić information content (AvgIpc) is 3.34. The van der Waals surface area contributed by atoms with E-state index < -0.39 is 12.0 Å². The third-order valence-electron chi connectivity index (χ3n) is 5.68. The molecule has 0 bridgehead atoms. The van der Waals surface area contributed by atoms with Gasteiger partial charge in [0.1, 0.15) is 0 Å². The third-order valence-corrected chi connectivity index (χ3v) is 6.67. The van der Waals surface area contributed by atoms with Crippen molar-refractivity contribution in [3.63, 3.8) is 0 Å². The predicted octanol–water partition coefficient (Wildman–Crippen LogP) is 3.04. The molecule has 4 heterocycles. The van der Waals surface area contributed by atoms with Gasteiger partial charge in [-0.1, -0.05) is 0 Å². The van der Waals surface area contributed by atoms with E-state index in [2.05, 4.69) is 5.10 Å². The van der Waals surface area contributed by atoms with Crippen molar-refractivity contribution in [2.75, 3.05) is 6.54 Å². The van der Waals surface area contributed by atoms with Gasteiger partial charge in [-0.15, -0.1) is 11.3 Å². The smallest absolute Gasteiger partial charge is 0.331 e. The minimum atomic E-state index is -0.997. The summed E-state index contributed by atoms with van der Waals surface area (Å²) in [6.07, 6.45) is 2.82. The van der Waals surface area contributed by atoms with Crippen LogP contribution < -0.4 is 0 Å². The summed E-state index contributed by atoms with van der Waals surface area (Å²) in [5, 5.41) is 16.9. The van der Waals surface area contributed by atoms with Gasteiger partial charge >= 0.3 is 5.97 Å². The second kappa shape index (κ2) is 6.13. The molecule has 7 nitrogen and oxygen atoms in total. The highest BCUT2D eigenvalue weighted by molar-refractivity contribution is 7.10. The van der Waals surface area contributed by atoms with Crippen LogP contribution in [-0.4, -0.2) is 43.2 Å². The monoisotopic (exact) mass is 396 g/mol. The van der Waals surface area contributed by atoms with Gasteiger partial charge in [-0.2, -0.15) is 5.10 Å². The lowest BCUT2D eigenvalue weighted by atomic mass is 9.98. The quantitative estimate of drug-likeness (QED) is 0.735. The van der Waals surface area contributed by atoms with E-state index in [-0.39, 0.29) is 5.91 Å². The van der Waals surface area contributed by atoms with Gasteiger partial charge in [-0.25, -0.2) is 9.78 Å². The first kappa shape index (κ1) is 17.4. The number of aryl methyl sites for hydroxylation is 2. The van der Waals surface area contributed by atoms with E-state index in [0.29, 0.717) is 30.1 Å². The number of hydrogen-bond donors (Lipinski definition) is 1. The van der Waals surface area contributed by atoms with Crippen LogP contribution in [0.4, 0.5) is 0 Å². The lowest BCUT2D eigenvalue weighted by Crippen LogP contribution is -2.43. The zero-order chi connectivity index (χ0) is 19.6. The van der Waals surface area contributed by atoms with Gasteiger partial charge < -0.3 is 10.0 Å². The zero-order valence-corrected chi connectivity index (χ0v) is 16.5. The summed E-state index contributed by atoms with van der Waals surface area (Å²) < 4.78 is 1.70. The summed E-state index contributed by atoms with van der Waals surface area (Å²) >= 11 is 1.55. The number of fused-ring (bicyclic) bond motifs is 2. The van der Waals surface area contributed by atoms with Crippen molar-refractivity contribution < 1.29 is 14.7 Å². The molecule has 0 spiro atoms. The molecular formula is C20H20N4O3S. The molecule has 0 saturated heterocycles. The topological polar surface area (TPSA) is 88.3 Å². The maximum atomic E-state index is 13.6. The summed E-state index contributed by atoms with van der Waals surface area (Å²) in [6, 6.07) is 2.73. The van der Waals surface area contributed by atoms with E-state index in [1.807, 2.05) is 31.5 Å². The Morgan fingerprint density at radius 2 is 2.11 bits per heavy atom. The molecule has 28 heavy (non-hydrogen) atoms. The molecule has 1 saturated carbocycles. The minimum absolute atomic E-state index is 0.255. The van der Waals surface area contributed by atoms with Crippen LogP contribution in [0.2, 0.25) is 0 Å². The van der Waals surface area contributed by atoms with Crippen LogP contribution in [0.1, 0.15) is 57.0 Å². The summed E-state index contributed by atoms with van der Waals surface area (Å²) in [7, 11) is 1.83. The Labute approximate surface area is 165 Å². The molecule has 1 fully saturated rings. The first-order valence-electron chi connectivity index (χ1n) is 9.40. The van der Waals surface area contributed by atoms with Crippen molar-refractivity contribution in [1.82, 2.24) is 19.7 Å². The SMILES string of the molecule is Cc1nn(C)c2nc(C3CC3)cc(C(=O)N3CCc4sccc4C3C(=O)O)c12. The molecule has 5 rings (SSSR count). The molecule has 1 unspecified atom stereocenters. The number of nitrogens with zero attached hydrogens (tertiary/aromatic N) is 4. The van der Waals surface area contributed by atoms with Crippen LogP contribution in [-0.2, 0) is 18.3 Å². The van der Waals surface area contributed by atoms with Crippen LogP contribution in [0, 0.1) is 6.92 Å². The maximum absolute atomic E-state index is 13.6. The number of pyridine rings is 1. The molecule has 1 amide bonds. The molecule has 1 atom stereocenters. The summed E-state index contributed by atoms with van der Waals surface area (Å²) in [4.78, 5) is 33.0. The molecule has 0 aromatic carbocycles. The standard InChI is InChI=1S/C20H20N4O3S/c1-10-16-13(9-14(11-3-4-11)21-18(16)23(2)22-10)19(25)24-7-5-15-12(6-8-28-15)17(24)20(26)27/h6,8-9,11,17H,3-5,7H2,1-2H3,(H,26,27). The molecule has 3 aromatic rings. The van der Waals surface area contributed by atoms with Crippen LogP contribution >= 0.6 is 11.3 Å². The summed E-state index contributed by atoms with van der Waals surface area (Å²) in [5.41, 5.74) is 3.57. The van der Waals surface area contributed by atoms with E-state index in [1.165, 1.54) is 4.90 Å². The summed E-state index contributed by atoms with van der Waals surface area (Å²) in [6.45, 7) is 2.25. The number of amides is 1. The Hall–Kier alpha value is -2.74. The number of hydrogen-bond acceptors (Lipinski definition) is 5. The van der Waals surface area contributed by atoms with Gasteiger partial charge in [-0.3, -0.25) is 9.48 Å². The number of carboxylic acid groups (broad SMARTS) is 1. The Morgan fingerprint density at radius 1 is 1.32 bits per heavy atom. The molecule has 144 valence electrons. The predicted molar refractivity (Wildman–Crippen MR) is 105 cm³/mol. The van der Waals surface area contributed by atoms with Crippen LogP contribution in [0.5, 0.6) is 0 Å². The highest BCUT2D eigenvalue weighted by Crippen LogP contribution is 2.41. The Morgan fingerprint density at radius 3 is 2.82 bits per heavy atom. The number of carbonyl (C=O) groups excluding carboxylic acids is 1. The van der Waals surface area contributed by atoms with Gasteiger partial charge in [0.25, 0.3) is 5.91 Å². The molecule has 0 radical (unpaired) electrons. The summed E-state index contributed by atoms with van der Waals surface area (Å²) in [5.74, 6) is -0.871. The molecular weight excluding hydrogens is 376 g/mol. The first-order chi connectivity index (χ1) is 13.5. The normalized spacial score (nSPS) is 19.1. The minimum Gasteiger partial charge on any atom is -0.479 e. The molecule has 1 N–H and O–H groups in total. The highest BCUT2D eigenvalue weighted by atomic mass is 32.1. The largest absolute Gasteiger partial charge is 0.479 e. The average molecular weight is 396 g/mol. The van der Waals surface area contributed by atoms with Crippen molar-refractivity contribution in [1.29, 1.82) is 0 Å². The Bertz CT molecular complexity index is 1130. The van der Waals surface area contributed by atoms with E-state index in [9.17, 15) is 14.7 Å². The Balaban J connectivity index is 1.65. The molecule has 3 aromatic heterocycles. The first-order valence-corrected chi connectivity index (χ1v) is 10.3. The van der Waals surface area contributed by atoms with Crippen LogP contribution in [0.25, 0.3) is 11.0 Å². The second-order valence-electron chi connectivity index (χ2n) is 7.57. The van der Waals surface area contributed by atoms with Gasteiger partial charge in [0.2, 0.25) is 0 Å². The van der Waals surface area contributed by atoms with Crippen molar-refractivity contribution in [3.8, 4) is 0 Å². The van der Waals surface area contributed by atoms with Crippen LogP contribution in [0.15, 0.2) is 17.5 Å². The van der Waals surface area contributed by atoms with E-state index in [0.717, 1.165) is 40.1 Å². The molecule has 1 aliphatic heterocycles. The Kier molecular flexibility index (Phi) is 3.80. The number of carboxylic acids is 1. The van der Waals surface area contributed by atoms with Crippen LogP contribution in [0.3, 0.4) is 0 Å². The number of aromatic nitrogens is 3. The van der Waals surface area contributed by atoms with Gasteiger partial charge in [0.05, 0.1) is 16.6 Å². The second-order valence-corrected chi connectivity index (χ2v) is 8.57. The van der Waals surface area contributed by atoms with E-state index in [4.69, 9.17) is 4.98 Å². The van der Waals surface area contributed by atoms with Crippen molar-refractivity contribution in [2.45, 2.75) is 38.1 Å². The fraction of sp³-hybridized carbons (Fsp3) is 0.400.